The SMILES string of the molecule is Cc1cc[n+](C)c(-c2ccccc2C)c1.Cc1ccccc1-c1c(C)c(C)c(C)c[n+]1C.Cc1ccccc1-c1c(C)c(C)cc[n+]1C.Cc1ccccc1-c1c(C)ccc[n+]1C.Cc1ccccc1-c1ccc(C(C)(C)C)c[n+]1C.[2H]C([2H])([2H])c1c[n+](C)c(-c2ccccc2C)cc1C. The Morgan fingerprint density at radius 3 is 1.08 bits per heavy atom. The van der Waals surface area contributed by atoms with Crippen molar-refractivity contribution < 1.29 is 31.5 Å². The molecule has 0 bridgehead atoms. The van der Waals surface area contributed by atoms with Crippen LogP contribution in [0, 0.1) is 104 Å². The van der Waals surface area contributed by atoms with Crippen molar-refractivity contribution in [1.82, 2.24) is 0 Å². The van der Waals surface area contributed by atoms with Gasteiger partial charge in [-0.15, -0.1) is 0 Å². The predicted octanol–water partition coefficient (Wildman–Crippen LogP) is 19.0. The number of hydrogen-bond acceptors (Lipinski definition) is 0. The van der Waals surface area contributed by atoms with E-state index in [0.717, 1.165) is 16.8 Å². The highest BCUT2D eigenvalue weighted by molar-refractivity contribution is 5.68. The third kappa shape index (κ3) is 19.0. The molecule has 0 aliphatic rings. The van der Waals surface area contributed by atoms with E-state index in [2.05, 4.69) is 376 Å². The molecule has 0 unspecified atom stereocenters. The number of aromatic nitrogens is 6. The molecule has 6 aromatic heterocycles. The zero-order valence-electron chi connectivity index (χ0n) is 65.6. The van der Waals surface area contributed by atoms with Crippen molar-refractivity contribution in [2.45, 2.75) is 130 Å². The lowest BCUT2D eigenvalue weighted by molar-refractivity contribution is -0.661. The first-order chi connectivity index (χ1) is 47.2. The third-order valence-electron chi connectivity index (χ3n) is 18.7. The summed E-state index contributed by atoms with van der Waals surface area (Å²) in [5.74, 6) is 0. The van der Waals surface area contributed by atoms with E-state index in [9.17, 15) is 0 Å². The second-order valence-corrected chi connectivity index (χ2v) is 27.4. The van der Waals surface area contributed by atoms with Crippen LogP contribution in [0.1, 0.15) is 114 Å². The molecule has 0 saturated heterocycles. The van der Waals surface area contributed by atoms with Crippen molar-refractivity contribution in [2.75, 3.05) is 0 Å². The van der Waals surface area contributed by atoms with Crippen LogP contribution in [0.5, 0.6) is 0 Å². The van der Waals surface area contributed by atoms with Crippen LogP contribution in [0.4, 0.5) is 0 Å². The molecule has 97 heavy (non-hydrogen) atoms. The van der Waals surface area contributed by atoms with E-state index in [1.54, 1.807) is 6.20 Å². The Morgan fingerprint density at radius 2 is 0.639 bits per heavy atom. The van der Waals surface area contributed by atoms with E-state index >= 15 is 0 Å². The molecule has 0 N–H and O–H groups in total. The van der Waals surface area contributed by atoms with Gasteiger partial charge >= 0.3 is 0 Å². The lowest BCUT2D eigenvalue weighted by atomic mass is 9.88. The molecular formula is C91H110N6+6. The Kier molecular flexibility index (Phi) is 24.4. The number of nitrogens with zero attached hydrogens (tertiary/aromatic N) is 6. The standard InChI is InChI=1S/C17H22N.C16H20N.2C15H18N.2C14H16N/c1-13-8-6-7-9-15(13)16-11-10-14(12-18(16)5)17(2,3)4;1-11-8-6-7-9-15(11)16-14(4)13(3)12(2)10-17(16)5;1-11-7-5-6-8-14(11)15-9-12(2)13(3)10-16(15)4;1-11-9-10-16(4)15(13(11)3)14-8-6-5-7-12(14)2;1-11-7-4-5-9-13(11)14-12(2)8-6-10-15(14)3;1-11-8-9-15(3)14(10-11)13-7-5-4-6-12(13)2/h6-12H,1-5H3;6-10H,1-5H3;2*5-10H,1-4H3;2*4-10H,1-3H3/q6*+1/i;;3D3;;;. The third-order valence-corrected chi connectivity index (χ3v) is 18.7. The van der Waals surface area contributed by atoms with Crippen LogP contribution in [0.15, 0.2) is 231 Å². The van der Waals surface area contributed by atoms with Crippen LogP contribution in [-0.2, 0) is 47.7 Å². The Balaban J connectivity index is 0.000000169. The minimum atomic E-state index is -2.06. The van der Waals surface area contributed by atoms with Crippen LogP contribution in [0.3, 0.4) is 0 Å². The summed E-state index contributed by atoms with van der Waals surface area (Å²) in [6.07, 6.45) is 12.5. The van der Waals surface area contributed by atoms with Gasteiger partial charge in [0.1, 0.15) is 42.3 Å². The van der Waals surface area contributed by atoms with Gasteiger partial charge in [-0.2, -0.15) is 0 Å². The Labute approximate surface area is 588 Å². The van der Waals surface area contributed by atoms with E-state index in [4.69, 9.17) is 4.11 Å². The van der Waals surface area contributed by atoms with E-state index in [0.29, 0.717) is 5.56 Å². The largest absolute Gasteiger partial charge is 0.215 e. The summed E-state index contributed by atoms with van der Waals surface area (Å²) >= 11 is 0. The van der Waals surface area contributed by atoms with Gasteiger partial charge in [0.05, 0.1) is 0 Å². The first-order valence-corrected chi connectivity index (χ1v) is 33.9. The molecule has 0 amide bonds. The van der Waals surface area contributed by atoms with Crippen molar-refractivity contribution in [3.63, 3.8) is 0 Å². The molecule has 6 aromatic carbocycles. The van der Waals surface area contributed by atoms with Gasteiger partial charge in [-0.05, 0) is 213 Å². The first-order valence-electron chi connectivity index (χ1n) is 35.4. The van der Waals surface area contributed by atoms with Crippen molar-refractivity contribution >= 4 is 0 Å². The molecule has 12 rings (SSSR count). The van der Waals surface area contributed by atoms with Gasteiger partial charge in [-0.3, -0.25) is 0 Å². The zero-order valence-corrected chi connectivity index (χ0v) is 62.6. The van der Waals surface area contributed by atoms with E-state index < -0.39 is 6.85 Å². The average Bonchev–Trinajstić information content (AvgIpc) is 0.836. The molecule has 6 nitrogen and oxygen atoms in total. The maximum atomic E-state index is 7.55. The van der Waals surface area contributed by atoms with E-state index in [1.807, 2.05) is 36.7 Å². The highest BCUT2D eigenvalue weighted by Crippen LogP contribution is 2.30. The Morgan fingerprint density at radius 1 is 0.258 bits per heavy atom. The summed E-state index contributed by atoms with van der Waals surface area (Å²) in [4.78, 5) is 0. The highest BCUT2D eigenvalue weighted by atomic mass is 14.9. The number of hydrogen-bond donors (Lipinski definition) is 0. The molecule has 498 valence electrons. The summed E-state index contributed by atoms with van der Waals surface area (Å²) in [6.45, 7) is 34.6. The monoisotopic (exact) mass is 1290 g/mol. The normalized spacial score (nSPS) is 11.3. The topological polar surface area (TPSA) is 23.3 Å². The summed E-state index contributed by atoms with van der Waals surface area (Å²) < 4.78 is 35.5. The molecule has 0 saturated carbocycles. The van der Waals surface area contributed by atoms with Gasteiger partial charge < -0.3 is 0 Å². The van der Waals surface area contributed by atoms with Crippen molar-refractivity contribution in [3.8, 4) is 67.5 Å². The van der Waals surface area contributed by atoms with Crippen LogP contribution >= 0.6 is 0 Å². The minimum Gasteiger partial charge on any atom is -0.201 e. The van der Waals surface area contributed by atoms with Crippen LogP contribution in [0.2, 0.25) is 0 Å². The van der Waals surface area contributed by atoms with Gasteiger partial charge in [0.15, 0.2) is 37.2 Å². The molecule has 12 aromatic rings. The van der Waals surface area contributed by atoms with Gasteiger partial charge in [-0.1, -0.05) is 130 Å². The minimum absolute atomic E-state index is 0.196. The summed E-state index contributed by atoms with van der Waals surface area (Å²) in [5, 5.41) is 0. The van der Waals surface area contributed by atoms with Crippen LogP contribution in [0.25, 0.3) is 67.5 Å². The summed E-state index contributed by atoms with van der Waals surface area (Å²) in [5.41, 5.74) is 35.2. The van der Waals surface area contributed by atoms with Crippen molar-refractivity contribution in [2.24, 2.45) is 42.3 Å². The van der Waals surface area contributed by atoms with Gasteiger partial charge in [0.2, 0.25) is 34.2 Å². The van der Waals surface area contributed by atoms with Crippen LogP contribution < -0.4 is 27.4 Å². The fraction of sp³-hybridized carbons (Fsp3) is 0.275. The molecule has 0 fully saturated rings. The lowest BCUT2D eigenvalue weighted by Crippen LogP contribution is -2.33. The maximum absolute atomic E-state index is 7.55. The molecule has 0 atom stereocenters. The number of aryl methyl sites for hydroxylation is 18. The predicted molar refractivity (Wildman–Crippen MR) is 408 cm³/mol. The number of rotatable bonds is 6. The van der Waals surface area contributed by atoms with E-state index in [1.165, 1.54) is 134 Å². The lowest BCUT2D eigenvalue weighted by Gasteiger charge is -2.17. The summed E-state index contributed by atoms with van der Waals surface area (Å²) in [7, 11) is 12.4. The maximum Gasteiger partial charge on any atom is 0.215 e. The fourth-order valence-corrected chi connectivity index (χ4v) is 12.4. The zero-order chi connectivity index (χ0) is 73.5. The second kappa shape index (κ2) is 33.7. The molecule has 6 heteroatoms. The number of benzene rings is 6. The average molecular weight is 1290 g/mol. The van der Waals surface area contributed by atoms with Crippen molar-refractivity contribution in [1.29, 1.82) is 0 Å². The molecule has 0 spiro atoms. The molecular weight excluding hydrogens is 1180 g/mol. The molecule has 0 aliphatic carbocycles. The van der Waals surface area contributed by atoms with Gasteiger partial charge in [0, 0.05) is 107 Å². The Bertz CT molecular complexity index is 4800. The van der Waals surface area contributed by atoms with Gasteiger partial charge in [-0.25, -0.2) is 27.4 Å². The van der Waals surface area contributed by atoms with Crippen LogP contribution in [-0.4, -0.2) is 0 Å². The number of pyridine rings is 6. The van der Waals surface area contributed by atoms with E-state index in [-0.39, 0.29) is 5.41 Å². The van der Waals surface area contributed by atoms with Gasteiger partial charge in [0.25, 0.3) is 0 Å². The smallest absolute Gasteiger partial charge is 0.201 e. The second-order valence-electron chi connectivity index (χ2n) is 27.4. The molecule has 0 radical (unpaired) electrons. The molecule has 0 aliphatic heterocycles. The first kappa shape index (κ1) is 70.0. The Hall–Kier alpha value is -9.78. The highest BCUT2D eigenvalue weighted by Gasteiger charge is 2.23. The summed E-state index contributed by atoms with van der Waals surface area (Å²) in [6, 6.07) is 67.9. The van der Waals surface area contributed by atoms with Crippen molar-refractivity contribution in [3.05, 3.63) is 320 Å². The fourth-order valence-electron chi connectivity index (χ4n) is 12.4. The quantitative estimate of drug-likeness (QED) is 0.148. The molecule has 6 heterocycles.